The van der Waals surface area contributed by atoms with E-state index in [0.717, 1.165) is 22.0 Å². The Kier molecular flexibility index (Phi) is 5.69. The van der Waals surface area contributed by atoms with Crippen LogP contribution < -0.4 is 10.6 Å². The van der Waals surface area contributed by atoms with Crippen LogP contribution in [0.2, 0.25) is 0 Å². The molecule has 2 amide bonds. The Morgan fingerprint density at radius 3 is 2.39 bits per heavy atom. The van der Waals surface area contributed by atoms with Gasteiger partial charge >= 0.3 is 0 Å². The average molecular weight is 396 g/mol. The molecule has 3 aliphatic heterocycles. The van der Waals surface area contributed by atoms with E-state index in [2.05, 4.69) is 15.5 Å². The van der Waals surface area contributed by atoms with Crippen LogP contribution in [0.5, 0.6) is 0 Å². The number of nitrogens with zero attached hydrogens (tertiary/aromatic N) is 1. The lowest BCUT2D eigenvalue weighted by Crippen LogP contribution is -2.57. The first-order chi connectivity index (χ1) is 13.6. The summed E-state index contributed by atoms with van der Waals surface area (Å²) in [6, 6.07) is 15.7. The Morgan fingerprint density at radius 1 is 1.04 bits per heavy atom. The highest BCUT2D eigenvalue weighted by molar-refractivity contribution is 7.99. The summed E-state index contributed by atoms with van der Waals surface area (Å²) in [5, 5.41) is 6.09. The summed E-state index contributed by atoms with van der Waals surface area (Å²) < 4.78 is 0. The quantitative estimate of drug-likeness (QED) is 0.812. The second-order valence-corrected chi connectivity index (χ2v) is 8.64. The average Bonchev–Trinajstić information content (AvgIpc) is 2.70. The van der Waals surface area contributed by atoms with Crippen molar-refractivity contribution in [3.8, 4) is 0 Å². The summed E-state index contributed by atoms with van der Waals surface area (Å²) in [6.07, 6.45) is 2.38. The van der Waals surface area contributed by atoms with Gasteiger partial charge in [0.15, 0.2) is 0 Å². The van der Waals surface area contributed by atoms with E-state index in [1.807, 2.05) is 48.5 Å². The van der Waals surface area contributed by atoms with Gasteiger partial charge < -0.3 is 15.5 Å². The number of hydrogen-bond donors (Lipinski definition) is 2. The smallest absolute Gasteiger partial charge is 0.251 e. The first-order valence-corrected chi connectivity index (χ1v) is 10.6. The lowest BCUT2D eigenvalue weighted by atomic mass is 9.84. The molecule has 3 aliphatic rings. The fourth-order valence-corrected chi connectivity index (χ4v) is 4.93. The zero-order chi connectivity index (χ0) is 19.5. The summed E-state index contributed by atoms with van der Waals surface area (Å²) in [5.41, 5.74) is 1.49. The Labute approximate surface area is 169 Å². The number of fused-ring (bicyclic) bond motifs is 3. The molecule has 0 saturated carbocycles. The first kappa shape index (κ1) is 19.0. The predicted molar refractivity (Wildman–Crippen MR) is 112 cm³/mol. The van der Waals surface area contributed by atoms with Gasteiger partial charge in [0.1, 0.15) is 0 Å². The minimum atomic E-state index is -0.0900. The van der Waals surface area contributed by atoms with Crippen molar-refractivity contribution in [1.29, 1.82) is 0 Å². The van der Waals surface area contributed by atoms with Crippen molar-refractivity contribution in [1.82, 2.24) is 10.2 Å². The second-order valence-electron chi connectivity index (χ2n) is 7.52. The number of amides is 2. The van der Waals surface area contributed by atoms with Gasteiger partial charge in [-0.25, -0.2) is 0 Å². The third kappa shape index (κ3) is 4.39. The van der Waals surface area contributed by atoms with Crippen LogP contribution in [0.15, 0.2) is 58.3 Å². The van der Waals surface area contributed by atoms with Gasteiger partial charge in [-0.15, -0.1) is 0 Å². The van der Waals surface area contributed by atoms with E-state index in [1.54, 1.807) is 11.8 Å². The van der Waals surface area contributed by atoms with Crippen molar-refractivity contribution < 1.29 is 9.59 Å². The highest BCUT2D eigenvalue weighted by Gasteiger charge is 2.34. The molecule has 3 saturated heterocycles. The van der Waals surface area contributed by atoms with Gasteiger partial charge in [0.25, 0.3) is 5.91 Å². The fourth-order valence-electron chi connectivity index (χ4n) is 4.03. The number of rotatable bonds is 5. The van der Waals surface area contributed by atoms with E-state index in [9.17, 15) is 9.59 Å². The van der Waals surface area contributed by atoms with Gasteiger partial charge in [0, 0.05) is 34.9 Å². The molecule has 2 aromatic carbocycles. The first-order valence-electron chi connectivity index (χ1n) is 9.76. The van der Waals surface area contributed by atoms with Crippen LogP contribution in [0.3, 0.4) is 0 Å². The maximum atomic E-state index is 12.7. The molecule has 5 rings (SSSR count). The lowest BCUT2D eigenvalue weighted by Gasteiger charge is -2.44. The predicted octanol–water partition coefficient (Wildman–Crippen LogP) is 3.62. The molecule has 2 bridgehead atoms. The molecular weight excluding hydrogens is 370 g/mol. The lowest BCUT2D eigenvalue weighted by molar-refractivity contribution is -0.114. The normalized spacial score (nSPS) is 23.2. The van der Waals surface area contributed by atoms with Crippen LogP contribution in [0.25, 0.3) is 0 Å². The maximum absolute atomic E-state index is 12.7. The van der Waals surface area contributed by atoms with E-state index in [1.165, 1.54) is 32.9 Å². The molecule has 2 aromatic rings. The molecule has 0 radical (unpaired) electrons. The van der Waals surface area contributed by atoms with Gasteiger partial charge in [0.2, 0.25) is 5.91 Å². The number of piperidine rings is 3. The van der Waals surface area contributed by atoms with Gasteiger partial charge in [-0.2, -0.15) is 0 Å². The molecule has 3 fully saturated rings. The van der Waals surface area contributed by atoms with Crippen LogP contribution in [-0.4, -0.2) is 42.4 Å². The number of anilines is 1. The highest BCUT2D eigenvalue weighted by atomic mass is 32.2. The van der Waals surface area contributed by atoms with Crippen LogP contribution in [0.4, 0.5) is 5.69 Å². The minimum absolute atomic E-state index is 0.00828. The van der Waals surface area contributed by atoms with E-state index >= 15 is 0 Å². The van der Waals surface area contributed by atoms with Gasteiger partial charge in [-0.1, -0.05) is 23.9 Å². The van der Waals surface area contributed by atoms with Crippen LogP contribution in [0.1, 0.15) is 30.1 Å². The van der Waals surface area contributed by atoms with Crippen LogP contribution in [0, 0.1) is 5.92 Å². The molecule has 0 aliphatic carbocycles. The number of hydrogen-bond acceptors (Lipinski definition) is 4. The summed E-state index contributed by atoms with van der Waals surface area (Å²) in [7, 11) is 0. The van der Waals surface area contributed by atoms with Crippen LogP contribution in [-0.2, 0) is 4.79 Å². The topological polar surface area (TPSA) is 61.4 Å². The maximum Gasteiger partial charge on any atom is 0.251 e. The van der Waals surface area contributed by atoms with Gasteiger partial charge in [0.05, 0.1) is 5.69 Å². The highest BCUT2D eigenvalue weighted by Crippen LogP contribution is 2.33. The Hall–Kier alpha value is -2.31. The monoisotopic (exact) mass is 395 g/mol. The van der Waals surface area contributed by atoms with Crippen molar-refractivity contribution >= 4 is 29.3 Å². The van der Waals surface area contributed by atoms with E-state index in [-0.39, 0.29) is 17.9 Å². The molecule has 5 nitrogen and oxygen atoms in total. The minimum Gasteiger partial charge on any atom is -0.348 e. The van der Waals surface area contributed by atoms with E-state index in [0.29, 0.717) is 11.5 Å². The Balaban J connectivity index is 1.40. The molecule has 0 spiro atoms. The number of para-hydroxylation sites is 1. The molecule has 28 heavy (non-hydrogen) atoms. The largest absolute Gasteiger partial charge is 0.348 e. The number of benzene rings is 2. The van der Waals surface area contributed by atoms with Crippen molar-refractivity contribution in [2.45, 2.75) is 35.6 Å². The van der Waals surface area contributed by atoms with Gasteiger partial charge in [-0.05, 0) is 68.2 Å². The molecule has 0 unspecified atom stereocenters. The van der Waals surface area contributed by atoms with Crippen molar-refractivity contribution in [2.75, 3.05) is 25.0 Å². The third-order valence-corrected chi connectivity index (χ3v) is 6.60. The Bertz CT molecular complexity index is 860. The molecule has 2 N–H and O–H groups in total. The van der Waals surface area contributed by atoms with E-state index < -0.39 is 0 Å². The Morgan fingerprint density at radius 2 is 1.75 bits per heavy atom. The number of carbonyl (C=O) groups excluding carboxylic acids is 2. The van der Waals surface area contributed by atoms with Gasteiger partial charge in [-0.3, -0.25) is 9.59 Å². The summed E-state index contributed by atoms with van der Waals surface area (Å²) in [5.74, 6) is 0.538. The molecule has 6 heteroatoms. The molecular formula is C22H25N3O2S. The number of nitrogens with one attached hydrogen (secondary N) is 2. The molecule has 3 heterocycles. The molecule has 146 valence electrons. The van der Waals surface area contributed by atoms with Crippen molar-refractivity contribution in [3.05, 3.63) is 54.1 Å². The summed E-state index contributed by atoms with van der Waals surface area (Å²) in [6.45, 7) is 4.82. The standard InChI is InChI=1S/C22H25N3O2S/c1-15(26)23-19-4-2-3-5-21(19)28-18-8-6-17(7-9-18)22(27)24-20-14-25-12-10-16(20)11-13-25/h2-9,16,20H,10-14H2,1H3,(H,23,26)(H,24,27)/t20-/m0/s1. The second kappa shape index (κ2) is 8.37. The van der Waals surface area contributed by atoms with E-state index in [4.69, 9.17) is 0 Å². The zero-order valence-corrected chi connectivity index (χ0v) is 16.8. The summed E-state index contributed by atoms with van der Waals surface area (Å²) >= 11 is 1.57. The summed E-state index contributed by atoms with van der Waals surface area (Å²) in [4.78, 5) is 28.5. The fraction of sp³-hybridized carbons (Fsp3) is 0.364. The molecule has 0 aromatic heterocycles. The molecule has 1 atom stereocenters. The van der Waals surface area contributed by atoms with Crippen molar-refractivity contribution in [3.63, 3.8) is 0 Å². The third-order valence-electron chi connectivity index (χ3n) is 5.51. The van der Waals surface area contributed by atoms with Crippen molar-refractivity contribution in [2.24, 2.45) is 5.92 Å². The number of carbonyl (C=O) groups is 2. The SMILES string of the molecule is CC(=O)Nc1ccccc1Sc1ccc(C(=O)N[C@H]2CN3CCC2CC3)cc1. The zero-order valence-electron chi connectivity index (χ0n) is 16.0. The van der Waals surface area contributed by atoms with Crippen LogP contribution >= 0.6 is 11.8 Å².